The van der Waals surface area contributed by atoms with Crippen molar-refractivity contribution in [3.63, 3.8) is 0 Å². The van der Waals surface area contributed by atoms with Crippen LogP contribution in [0.15, 0.2) is 24.3 Å². The highest BCUT2D eigenvalue weighted by atomic mass is 16.5. The Kier molecular flexibility index (Phi) is 4.33. The van der Waals surface area contributed by atoms with Crippen molar-refractivity contribution < 1.29 is 9.53 Å². The fraction of sp³-hybridized carbons (Fsp3) is 0.500. The van der Waals surface area contributed by atoms with Gasteiger partial charge in [-0.2, -0.15) is 0 Å². The van der Waals surface area contributed by atoms with E-state index in [1.807, 2.05) is 29.2 Å². The van der Waals surface area contributed by atoms with Crippen molar-refractivity contribution in [3.8, 4) is 0 Å². The topological polar surface area (TPSA) is 55.6 Å². The standard InChI is InChI=1S/C14H20N2O2/c1-18-10-12-4-2-3-5-13(12)14(17)16-7-6-11(8-15)9-16/h2-5,11H,6-10,15H2,1H3. The number of carbonyl (C=O) groups excluding carboxylic acids is 1. The summed E-state index contributed by atoms with van der Waals surface area (Å²) in [5, 5.41) is 0. The lowest BCUT2D eigenvalue weighted by Gasteiger charge is -2.18. The summed E-state index contributed by atoms with van der Waals surface area (Å²) in [6, 6.07) is 7.63. The largest absolute Gasteiger partial charge is 0.380 e. The Balaban J connectivity index is 2.14. The molecule has 1 unspecified atom stereocenters. The van der Waals surface area contributed by atoms with E-state index in [-0.39, 0.29) is 5.91 Å². The quantitative estimate of drug-likeness (QED) is 0.872. The average molecular weight is 248 g/mol. The SMILES string of the molecule is COCc1ccccc1C(=O)N1CCC(CN)C1. The molecule has 1 heterocycles. The molecule has 1 aliphatic heterocycles. The molecule has 0 saturated carbocycles. The van der Waals surface area contributed by atoms with Crippen molar-refractivity contribution in [2.45, 2.75) is 13.0 Å². The minimum absolute atomic E-state index is 0.0959. The highest BCUT2D eigenvalue weighted by Gasteiger charge is 2.26. The summed E-state index contributed by atoms with van der Waals surface area (Å²) >= 11 is 0. The van der Waals surface area contributed by atoms with Crippen LogP contribution in [-0.4, -0.2) is 37.6 Å². The molecule has 2 N–H and O–H groups in total. The minimum atomic E-state index is 0.0959. The van der Waals surface area contributed by atoms with Crippen LogP contribution in [-0.2, 0) is 11.3 Å². The molecule has 1 saturated heterocycles. The number of hydrogen-bond donors (Lipinski definition) is 1. The van der Waals surface area contributed by atoms with Gasteiger partial charge in [-0.1, -0.05) is 18.2 Å². The maximum Gasteiger partial charge on any atom is 0.254 e. The predicted molar refractivity (Wildman–Crippen MR) is 70.2 cm³/mol. The van der Waals surface area contributed by atoms with Crippen LogP contribution < -0.4 is 5.73 Å². The molecule has 4 nitrogen and oxygen atoms in total. The second kappa shape index (κ2) is 5.98. The van der Waals surface area contributed by atoms with Crippen molar-refractivity contribution in [1.82, 2.24) is 4.90 Å². The molecule has 1 aliphatic rings. The van der Waals surface area contributed by atoms with Gasteiger partial charge < -0.3 is 15.4 Å². The molecular formula is C14H20N2O2. The molecule has 98 valence electrons. The van der Waals surface area contributed by atoms with Gasteiger partial charge in [0.05, 0.1) is 6.61 Å². The van der Waals surface area contributed by atoms with Crippen molar-refractivity contribution in [2.75, 3.05) is 26.7 Å². The van der Waals surface area contributed by atoms with E-state index in [1.165, 1.54) is 0 Å². The van der Waals surface area contributed by atoms with E-state index in [2.05, 4.69) is 0 Å². The third-order valence-corrected chi connectivity index (χ3v) is 3.45. The summed E-state index contributed by atoms with van der Waals surface area (Å²) in [6.45, 7) is 2.71. The third kappa shape index (κ3) is 2.71. The molecule has 1 atom stereocenters. The van der Waals surface area contributed by atoms with Gasteiger partial charge in [-0.15, -0.1) is 0 Å². The van der Waals surface area contributed by atoms with Gasteiger partial charge in [0.15, 0.2) is 0 Å². The molecule has 0 radical (unpaired) electrons. The lowest BCUT2D eigenvalue weighted by Crippen LogP contribution is -2.30. The number of methoxy groups -OCH3 is 1. The third-order valence-electron chi connectivity index (χ3n) is 3.45. The number of rotatable bonds is 4. The van der Waals surface area contributed by atoms with E-state index in [0.717, 1.165) is 30.6 Å². The molecule has 0 spiro atoms. The predicted octanol–water partition coefficient (Wildman–Crippen LogP) is 1.25. The Labute approximate surface area is 108 Å². The Morgan fingerprint density at radius 2 is 2.28 bits per heavy atom. The summed E-state index contributed by atoms with van der Waals surface area (Å²) in [4.78, 5) is 14.3. The molecule has 1 fully saturated rings. The zero-order chi connectivity index (χ0) is 13.0. The maximum absolute atomic E-state index is 12.4. The van der Waals surface area contributed by atoms with Gasteiger partial charge in [0, 0.05) is 25.8 Å². The van der Waals surface area contributed by atoms with Crippen LogP contribution in [0.25, 0.3) is 0 Å². The number of nitrogens with zero attached hydrogens (tertiary/aromatic N) is 1. The molecule has 1 amide bonds. The Morgan fingerprint density at radius 1 is 1.50 bits per heavy atom. The van der Waals surface area contributed by atoms with Crippen LogP contribution in [0.2, 0.25) is 0 Å². The first-order valence-electron chi connectivity index (χ1n) is 6.32. The highest BCUT2D eigenvalue weighted by Crippen LogP contribution is 2.20. The van der Waals surface area contributed by atoms with E-state index in [0.29, 0.717) is 19.1 Å². The number of ether oxygens (including phenoxy) is 1. The summed E-state index contributed by atoms with van der Waals surface area (Å²) < 4.78 is 5.13. The van der Waals surface area contributed by atoms with E-state index < -0.39 is 0 Å². The van der Waals surface area contributed by atoms with Crippen molar-refractivity contribution in [2.24, 2.45) is 11.7 Å². The molecule has 1 aromatic rings. The van der Waals surface area contributed by atoms with Crippen LogP contribution >= 0.6 is 0 Å². The average Bonchev–Trinajstić information content (AvgIpc) is 2.88. The van der Waals surface area contributed by atoms with Gasteiger partial charge >= 0.3 is 0 Å². The van der Waals surface area contributed by atoms with E-state index in [4.69, 9.17) is 10.5 Å². The zero-order valence-corrected chi connectivity index (χ0v) is 10.8. The van der Waals surface area contributed by atoms with E-state index >= 15 is 0 Å². The summed E-state index contributed by atoms with van der Waals surface area (Å²) in [5.74, 6) is 0.544. The normalized spacial score (nSPS) is 19.2. The number of carbonyl (C=O) groups is 1. The minimum Gasteiger partial charge on any atom is -0.380 e. The van der Waals surface area contributed by atoms with E-state index in [9.17, 15) is 4.79 Å². The molecule has 2 rings (SSSR count). The van der Waals surface area contributed by atoms with Gasteiger partial charge in [-0.05, 0) is 30.5 Å². The summed E-state index contributed by atoms with van der Waals surface area (Å²) in [6.07, 6.45) is 1.01. The van der Waals surface area contributed by atoms with Crippen LogP contribution in [0.4, 0.5) is 0 Å². The Hall–Kier alpha value is -1.39. The Bertz CT molecular complexity index is 420. The van der Waals surface area contributed by atoms with Crippen LogP contribution in [0.3, 0.4) is 0 Å². The van der Waals surface area contributed by atoms with Gasteiger partial charge in [0.1, 0.15) is 0 Å². The fourth-order valence-corrected chi connectivity index (χ4v) is 2.39. The lowest BCUT2D eigenvalue weighted by atomic mass is 10.1. The van der Waals surface area contributed by atoms with Crippen LogP contribution in [0.1, 0.15) is 22.3 Å². The van der Waals surface area contributed by atoms with Gasteiger partial charge in [-0.3, -0.25) is 4.79 Å². The van der Waals surface area contributed by atoms with Gasteiger partial charge in [0.25, 0.3) is 5.91 Å². The molecule has 0 aromatic heterocycles. The first-order valence-corrected chi connectivity index (χ1v) is 6.32. The van der Waals surface area contributed by atoms with E-state index in [1.54, 1.807) is 7.11 Å². The Morgan fingerprint density at radius 3 is 2.94 bits per heavy atom. The van der Waals surface area contributed by atoms with Crippen LogP contribution in [0.5, 0.6) is 0 Å². The first kappa shape index (κ1) is 13.1. The number of likely N-dealkylation sites (tertiary alicyclic amines) is 1. The molecule has 1 aromatic carbocycles. The summed E-state index contributed by atoms with van der Waals surface area (Å²) in [5.41, 5.74) is 7.35. The molecule has 0 aliphatic carbocycles. The van der Waals surface area contributed by atoms with Gasteiger partial charge in [0.2, 0.25) is 0 Å². The molecule has 18 heavy (non-hydrogen) atoms. The zero-order valence-electron chi connectivity index (χ0n) is 10.8. The number of amides is 1. The fourth-order valence-electron chi connectivity index (χ4n) is 2.39. The maximum atomic E-state index is 12.4. The van der Waals surface area contributed by atoms with Crippen molar-refractivity contribution in [1.29, 1.82) is 0 Å². The number of hydrogen-bond acceptors (Lipinski definition) is 3. The summed E-state index contributed by atoms with van der Waals surface area (Å²) in [7, 11) is 1.64. The van der Waals surface area contributed by atoms with Crippen molar-refractivity contribution in [3.05, 3.63) is 35.4 Å². The number of nitrogens with two attached hydrogens (primary N) is 1. The molecule has 4 heteroatoms. The monoisotopic (exact) mass is 248 g/mol. The second-order valence-corrected chi connectivity index (χ2v) is 4.73. The molecule has 0 bridgehead atoms. The first-order chi connectivity index (χ1) is 8.76. The van der Waals surface area contributed by atoms with Crippen molar-refractivity contribution >= 4 is 5.91 Å². The van der Waals surface area contributed by atoms with Gasteiger partial charge in [-0.25, -0.2) is 0 Å². The van der Waals surface area contributed by atoms with Crippen LogP contribution in [0, 0.1) is 5.92 Å². The number of benzene rings is 1. The smallest absolute Gasteiger partial charge is 0.254 e. The highest BCUT2D eigenvalue weighted by molar-refractivity contribution is 5.95. The molecular weight excluding hydrogens is 228 g/mol. The lowest BCUT2D eigenvalue weighted by molar-refractivity contribution is 0.0782. The second-order valence-electron chi connectivity index (χ2n) is 4.73.